The Bertz CT molecular complexity index is 836. The van der Waals surface area contributed by atoms with Crippen molar-refractivity contribution in [1.29, 1.82) is 0 Å². The monoisotopic (exact) mass is 265 g/mol. The van der Waals surface area contributed by atoms with E-state index in [1.807, 2.05) is 31.2 Å². The zero-order valence-electron chi connectivity index (χ0n) is 11.2. The molecule has 0 aliphatic rings. The summed E-state index contributed by atoms with van der Waals surface area (Å²) in [5.74, 6) is 0. The molecule has 0 atom stereocenters. The van der Waals surface area contributed by atoms with Gasteiger partial charge >= 0.3 is 0 Å². The lowest BCUT2D eigenvalue weighted by Crippen LogP contribution is -2.21. The van der Waals surface area contributed by atoms with E-state index >= 15 is 0 Å². The maximum Gasteiger partial charge on any atom is 0.261 e. The molecule has 1 aromatic heterocycles. The van der Waals surface area contributed by atoms with E-state index in [9.17, 15) is 4.79 Å². The van der Waals surface area contributed by atoms with Crippen LogP contribution in [0.5, 0.6) is 0 Å². The number of aryl methyl sites for hydroxylation is 1. The average molecular weight is 265 g/mol. The van der Waals surface area contributed by atoms with Gasteiger partial charge in [0.2, 0.25) is 0 Å². The van der Waals surface area contributed by atoms with Crippen LogP contribution in [0.4, 0.5) is 5.69 Å². The van der Waals surface area contributed by atoms with E-state index in [2.05, 4.69) is 4.98 Å². The molecule has 0 amide bonds. The molecule has 0 saturated heterocycles. The third-order valence-corrected chi connectivity index (χ3v) is 3.45. The second kappa shape index (κ2) is 4.81. The molecule has 0 radical (unpaired) electrons. The minimum absolute atomic E-state index is 0.0643. The van der Waals surface area contributed by atoms with Crippen molar-refractivity contribution in [2.24, 2.45) is 0 Å². The van der Waals surface area contributed by atoms with Crippen molar-refractivity contribution >= 4 is 16.6 Å². The lowest BCUT2D eigenvalue weighted by atomic mass is 10.1. The molecule has 3 aromatic rings. The Kier molecular flexibility index (Phi) is 2.99. The molecular weight excluding hydrogens is 250 g/mol. The number of benzene rings is 2. The van der Waals surface area contributed by atoms with Crippen molar-refractivity contribution in [2.75, 3.05) is 5.73 Å². The Balaban J connectivity index is 2.11. The summed E-state index contributed by atoms with van der Waals surface area (Å²) in [5.41, 5.74) is 9.20. The molecule has 4 nitrogen and oxygen atoms in total. The molecule has 0 saturated carbocycles. The van der Waals surface area contributed by atoms with Crippen LogP contribution in [0.2, 0.25) is 0 Å². The predicted molar refractivity (Wildman–Crippen MR) is 80.7 cm³/mol. The maximum atomic E-state index is 12.5. The van der Waals surface area contributed by atoms with Gasteiger partial charge in [0.25, 0.3) is 5.56 Å². The molecule has 0 aliphatic carbocycles. The van der Waals surface area contributed by atoms with Crippen molar-refractivity contribution in [3.63, 3.8) is 0 Å². The molecule has 0 fully saturated rings. The quantitative estimate of drug-likeness (QED) is 0.723. The Morgan fingerprint density at radius 1 is 1.20 bits per heavy atom. The van der Waals surface area contributed by atoms with E-state index in [0.29, 0.717) is 23.1 Å². The van der Waals surface area contributed by atoms with E-state index in [1.54, 1.807) is 29.1 Å². The van der Waals surface area contributed by atoms with E-state index < -0.39 is 0 Å². The lowest BCUT2D eigenvalue weighted by molar-refractivity contribution is 0.744. The molecule has 4 heteroatoms. The zero-order valence-corrected chi connectivity index (χ0v) is 11.2. The fraction of sp³-hybridized carbons (Fsp3) is 0.125. The van der Waals surface area contributed by atoms with Crippen LogP contribution in [0.25, 0.3) is 10.9 Å². The summed E-state index contributed by atoms with van der Waals surface area (Å²) in [4.78, 5) is 16.8. The van der Waals surface area contributed by atoms with Gasteiger partial charge in [-0.25, -0.2) is 4.98 Å². The highest BCUT2D eigenvalue weighted by Crippen LogP contribution is 2.12. The van der Waals surface area contributed by atoms with Gasteiger partial charge in [0.05, 0.1) is 23.8 Å². The predicted octanol–water partition coefficient (Wildman–Crippen LogP) is 2.34. The first kappa shape index (κ1) is 12.4. The number of nitrogens with zero attached hydrogens (tertiary/aromatic N) is 2. The van der Waals surface area contributed by atoms with Gasteiger partial charge in [-0.15, -0.1) is 0 Å². The van der Waals surface area contributed by atoms with Crippen LogP contribution in [-0.2, 0) is 6.54 Å². The number of nitrogens with two attached hydrogens (primary N) is 1. The second-order valence-corrected chi connectivity index (χ2v) is 4.88. The SMILES string of the molecule is Cc1ccccc1Cn1cnc2ccc(N)cc2c1=O. The highest BCUT2D eigenvalue weighted by Gasteiger charge is 2.06. The maximum absolute atomic E-state index is 12.5. The van der Waals surface area contributed by atoms with Crippen molar-refractivity contribution < 1.29 is 0 Å². The molecule has 2 N–H and O–H groups in total. The topological polar surface area (TPSA) is 60.9 Å². The first-order valence-electron chi connectivity index (χ1n) is 6.44. The van der Waals surface area contributed by atoms with Crippen molar-refractivity contribution in [1.82, 2.24) is 9.55 Å². The summed E-state index contributed by atoms with van der Waals surface area (Å²) >= 11 is 0. The third kappa shape index (κ3) is 2.16. The molecule has 2 aromatic carbocycles. The van der Waals surface area contributed by atoms with Gasteiger partial charge in [-0.2, -0.15) is 0 Å². The summed E-state index contributed by atoms with van der Waals surface area (Å²) in [6.07, 6.45) is 1.59. The third-order valence-electron chi connectivity index (χ3n) is 3.45. The van der Waals surface area contributed by atoms with Crippen LogP contribution >= 0.6 is 0 Å². The number of anilines is 1. The molecule has 0 aliphatic heterocycles. The molecule has 100 valence electrons. The van der Waals surface area contributed by atoms with Crippen molar-refractivity contribution in [2.45, 2.75) is 13.5 Å². The molecule has 1 heterocycles. The summed E-state index contributed by atoms with van der Waals surface area (Å²) in [5, 5.41) is 0.557. The Labute approximate surface area is 116 Å². The largest absolute Gasteiger partial charge is 0.399 e. The van der Waals surface area contributed by atoms with Gasteiger partial charge in [-0.3, -0.25) is 9.36 Å². The first-order chi connectivity index (χ1) is 9.65. The number of nitrogen functional groups attached to an aromatic ring is 1. The molecule has 20 heavy (non-hydrogen) atoms. The Morgan fingerprint density at radius 3 is 2.80 bits per heavy atom. The average Bonchev–Trinajstić information content (AvgIpc) is 2.45. The first-order valence-corrected chi connectivity index (χ1v) is 6.44. The summed E-state index contributed by atoms with van der Waals surface area (Å²) < 4.78 is 1.62. The molecular formula is C16H15N3O. The van der Waals surface area contributed by atoms with E-state index in [4.69, 9.17) is 5.73 Å². The Hall–Kier alpha value is -2.62. The number of hydrogen-bond donors (Lipinski definition) is 1. The van der Waals surface area contributed by atoms with Gasteiger partial charge in [0.15, 0.2) is 0 Å². The minimum Gasteiger partial charge on any atom is -0.399 e. The van der Waals surface area contributed by atoms with Gasteiger partial charge < -0.3 is 5.73 Å². The number of rotatable bonds is 2. The minimum atomic E-state index is -0.0643. The van der Waals surface area contributed by atoms with Gasteiger partial charge in [0.1, 0.15) is 0 Å². The Morgan fingerprint density at radius 2 is 2.00 bits per heavy atom. The number of fused-ring (bicyclic) bond motifs is 1. The van der Waals surface area contributed by atoms with E-state index in [-0.39, 0.29) is 5.56 Å². The summed E-state index contributed by atoms with van der Waals surface area (Å²) in [7, 11) is 0. The zero-order chi connectivity index (χ0) is 14.1. The van der Waals surface area contributed by atoms with Crippen LogP contribution in [0.3, 0.4) is 0 Å². The van der Waals surface area contributed by atoms with Crippen molar-refractivity contribution in [3.05, 3.63) is 70.3 Å². The lowest BCUT2D eigenvalue weighted by Gasteiger charge is -2.09. The molecule has 3 rings (SSSR count). The van der Waals surface area contributed by atoms with Gasteiger partial charge in [-0.05, 0) is 36.2 Å². The fourth-order valence-corrected chi connectivity index (χ4v) is 2.26. The molecule has 0 unspecified atom stereocenters. The van der Waals surface area contributed by atoms with Crippen LogP contribution in [-0.4, -0.2) is 9.55 Å². The number of hydrogen-bond acceptors (Lipinski definition) is 3. The van der Waals surface area contributed by atoms with E-state index in [1.165, 1.54) is 0 Å². The fourth-order valence-electron chi connectivity index (χ4n) is 2.26. The van der Waals surface area contributed by atoms with Crippen LogP contribution < -0.4 is 11.3 Å². The van der Waals surface area contributed by atoms with Crippen LogP contribution in [0, 0.1) is 6.92 Å². The van der Waals surface area contributed by atoms with E-state index in [0.717, 1.165) is 11.1 Å². The highest BCUT2D eigenvalue weighted by atomic mass is 16.1. The molecule has 0 bridgehead atoms. The van der Waals surface area contributed by atoms with Gasteiger partial charge in [0, 0.05) is 5.69 Å². The summed E-state index contributed by atoms with van der Waals surface area (Å²) in [6.45, 7) is 2.55. The highest BCUT2D eigenvalue weighted by molar-refractivity contribution is 5.80. The normalized spacial score (nSPS) is 10.8. The van der Waals surface area contributed by atoms with Crippen LogP contribution in [0.15, 0.2) is 53.6 Å². The smallest absolute Gasteiger partial charge is 0.261 e. The van der Waals surface area contributed by atoms with Crippen molar-refractivity contribution in [3.8, 4) is 0 Å². The summed E-state index contributed by atoms with van der Waals surface area (Å²) in [6, 6.07) is 13.2. The second-order valence-electron chi connectivity index (χ2n) is 4.88. The standard InChI is InChI=1S/C16H15N3O/c1-11-4-2-3-5-12(11)9-19-10-18-15-7-6-13(17)8-14(15)16(19)20/h2-8,10H,9,17H2,1H3. The van der Waals surface area contributed by atoms with Crippen LogP contribution in [0.1, 0.15) is 11.1 Å². The molecule has 0 spiro atoms. The number of aromatic nitrogens is 2. The van der Waals surface area contributed by atoms with Gasteiger partial charge in [-0.1, -0.05) is 24.3 Å².